The average molecular weight is 262 g/mol. The fourth-order valence-corrected chi connectivity index (χ4v) is 1.54. The standard InChI is InChI=1S/C10H12ClNO5/c11-6-3-5(4-12-8(6)10(16)17)9(15)7(14)1-2-13/h3-4,7,9,13-15H,1-2H2,(H,16,17). The summed E-state index contributed by atoms with van der Waals surface area (Å²) in [7, 11) is 0. The average Bonchev–Trinajstić information content (AvgIpc) is 2.27. The summed E-state index contributed by atoms with van der Waals surface area (Å²) < 4.78 is 0. The lowest BCUT2D eigenvalue weighted by Gasteiger charge is -2.17. The molecule has 0 aliphatic rings. The van der Waals surface area contributed by atoms with Gasteiger partial charge < -0.3 is 20.4 Å². The summed E-state index contributed by atoms with van der Waals surface area (Å²) in [5, 5.41) is 36.3. The van der Waals surface area contributed by atoms with Gasteiger partial charge in [-0.05, 0) is 12.5 Å². The molecule has 7 heteroatoms. The quantitative estimate of drug-likeness (QED) is 0.603. The third-order valence-electron chi connectivity index (χ3n) is 2.20. The Morgan fingerprint density at radius 3 is 2.59 bits per heavy atom. The number of aromatic nitrogens is 1. The first kappa shape index (κ1) is 13.9. The maximum Gasteiger partial charge on any atom is 0.356 e. The van der Waals surface area contributed by atoms with E-state index in [-0.39, 0.29) is 29.3 Å². The molecule has 17 heavy (non-hydrogen) atoms. The molecule has 0 saturated heterocycles. The van der Waals surface area contributed by atoms with Crippen LogP contribution in [0.3, 0.4) is 0 Å². The molecule has 6 nitrogen and oxygen atoms in total. The second kappa shape index (κ2) is 5.92. The first-order chi connectivity index (χ1) is 7.97. The SMILES string of the molecule is O=C(O)c1ncc(C(O)C(O)CCO)cc1Cl. The molecule has 0 bridgehead atoms. The monoisotopic (exact) mass is 261 g/mol. The molecule has 2 unspecified atom stereocenters. The third kappa shape index (κ3) is 3.37. The van der Waals surface area contributed by atoms with Crippen molar-refractivity contribution < 1.29 is 25.2 Å². The predicted octanol–water partition coefficient (Wildman–Crippen LogP) is 0.210. The first-order valence-corrected chi connectivity index (χ1v) is 5.21. The van der Waals surface area contributed by atoms with Crippen LogP contribution in [0.25, 0.3) is 0 Å². The van der Waals surface area contributed by atoms with E-state index in [4.69, 9.17) is 21.8 Å². The van der Waals surface area contributed by atoms with Crippen molar-refractivity contribution in [1.82, 2.24) is 4.98 Å². The highest BCUT2D eigenvalue weighted by molar-refractivity contribution is 6.33. The van der Waals surface area contributed by atoms with Crippen molar-refractivity contribution in [2.75, 3.05) is 6.61 Å². The third-order valence-corrected chi connectivity index (χ3v) is 2.48. The van der Waals surface area contributed by atoms with Gasteiger partial charge in [-0.1, -0.05) is 11.6 Å². The van der Waals surface area contributed by atoms with Gasteiger partial charge >= 0.3 is 5.97 Å². The number of carboxylic acids is 1. The molecule has 1 rings (SSSR count). The predicted molar refractivity (Wildman–Crippen MR) is 58.9 cm³/mol. The molecule has 1 heterocycles. The van der Waals surface area contributed by atoms with Crippen LogP contribution in [0, 0.1) is 0 Å². The lowest BCUT2D eigenvalue weighted by Crippen LogP contribution is -2.20. The molecular weight excluding hydrogens is 250 g/mol. The molecule has 0 aliphatic carbocycles. The number of aliphatic hydroxyl groups is 3. The Morgan fingerprint density at radius 2 is 2.12 bits per heavy atom. The summed E-state index contributed by atoms with van der Waals surface area (Å²) in [4.78, 5) is 14.2. The van der Waals surface area contributed by atoms with Crippen LogP contribution in [0.2, 0.25) is 5.02 Å². The van der Waals surface area contributed by atoms with Gasteiger partial charge in [-0.15, -0.1) is 0 Å². The molecule has 1 aromatic heterocycles. The number of pyridine rings is 1. The highest BCUT2D eigenvalue weighted by Crippen LogP contribution is 2.23. The topological polar surface area (TPSA) is 111 Å². The Kier molecular flexibility index (Phi) is 4.83. The van der Waals surface area contributed by atoms with Gasteiger partial charge in [0.15, 0.2) is 5.69 Å². The van der Waals surface area contributed by atoms with E-state index in [1.54, 1.807) is 0 Å². The van der Waals surface area contributed by atoms with E-state index in [0.717, 1.165) is 6.20 Å². The zero-order chi connectivity index (χ0) is 13.0. The lowest BCUT2D eigenvalue weighted by molar-refractivity contribution is 0.00403. The number of halogens is 1. The zero-order valence-electron chi connectivity index (χ0n) is 8.75. The largest absolute Gasteiger partial charge is 0.476 e. The van der Waals surface area contributed by atoms with Gasteiger partial charge in [0.05, 0.1) is 11.1 Å². The Hall–Kier alpha value is -1.21. The summed E-state index contributed by atoms with van der Waals surface area (Å²) in [6.45, 7) is -0.271. The molecule has 2 atom stereocenters. The van der Waals surface area contributed by atoms with Crippen molar-refractivity contribution in [2.45, 2.75) is 18.6 Å². The molecule has 0 saturated carbocycles. The molecular formula is C10H12ClNO5. The summed E-state index contributed by atoms with van der Waals surface area (Å²) in [5.41, 5.74) is -0.125. The highest BCUT2D eigenvalue weighted by atomic mass is 35.5. The number of aromatic carboxylic acids is 1. The number of nitrogens with zero attached hydrogens (tertiary/aromatic N) is 1. The van der Waals surface area contributed by atoms with Crippen LogP contribution in [0.15, 0.2) is 12.3 Å². The van der Waals surface area contributed by atoms with Crippen molar-refractivity contribution in [1.29, 1.82) is 0 Å². The van der Waals surface area contributed by atoms with E-state index in [0.29, 0.717) is 0 Å². The molecule has 0 amide bonds. The van der Waals surface area contributed by atoms with Crippen molar-refractivity contribution in [3.05, 3.63) is 28.5 Å². The van der Waals surface area contributed by atoms with Crippen molar-refractivity contribution in [3.63, 3.8) is 0 Å². The number of carbonyl (C=O) groups is 1. The molecule has 94 valence electrons. The maximum atomic E-state index is 10.6. The van der Waals surface area contributed by atoms with Crippen LogP contribution >= 0.6 is 11.6 Å². The Balaban J connectivity index is 2.93. The van der Waals surface area contributed by atoms with Gasteiger partial charge in [0.25, 0.3) is 0 Å². The van der Waals surface area contributed by atoms with Crippen molar-refractivity contribution in [3.8, 4) is 0 Å². The van der Waals surface area contributed by atoms with E-state index < -0.39 is 18.2 Å². The minimum atomic E-state index is -1.27. The van der Waals surface area contributed by atoms with Gasteiger partial charge in [-0.25, -0.2) is 9.78 Å². The van der Waals surface area contributed by atoms with E-state index in [1.165, 1.54) is 6.07 Å². The molecule has 1 aromatic rings. The smallest absolute Gasteiger partial charge is 0.356 e. The normalized spacial score (nSPS) is 14.4. The summed E-state index contributed by atoms with van der Waals surface area (Å²) in [5.74, 6) is -1.27. The molecule has 0 aliphatic heterocycles. The van der Waals surface area contributed by atoms with Crippen molar-refractivity contribution >= 4 is 17.6 Å². The minimum absolute atomic E-state index is 0.000528. The van der Waals surface area contributed by atoms with Crippen LogP contribution in [-0.4, -0.2) is 44.1 Å². The Bertz CT molecular complexity index is 412. The van der Waals surface area contributed by atoms with E-state index in [1.807, 2.05) is 0 Å². The second-order valence-corrected chi connectivity index (χ2v) is 3.84. The van der Waals surface area contributed by atoms with Gasteiger partial charge in [-0.2, -0.15) is 0 Å². The Morgan fingerprint density at radius 1 is 1.47 bits per heavy atom. The zero-order valence-corrected chi connectivity index (χ0v) is 9.50. The fourth-order valence-electron chi connectivity index (χ4n) is 1.28. The van der Waals surface area contributed by atoms with Gasteiger partial charge in [0.1, 0.15) is 6.10 Å². The summed E-state index contributed by atoms with van der Waals surface area (Å²) in [6, 6.07) is 1.23. The second-order valence-electron chi connectivity index (χ2n) is 3.43. The van der Waals surface area contributed by atoms with Gasteiger partial charge in [0, 0.05) is 18.4 Å². The van der Waals surface area contributed by atoms with Gasteiger partial charge in [-0.3, -0.25) is 0 Å². The van der Waals surface area contributed by atoms with Crippen LogP contribution in [0.4, 0.5) is 0 Å². The highest BCUT2D eigenvalue weighted by Gasteiger charge is 2.20. The Labute approximate surface area is 102 Å². The lowest BCUT2D eigenvalue weighted by atomic mass is 10.0. The molecule has 4 N–H and O–H groups in total. The van der Waals surface area contributed by atoms with E-state index in [9.17, 15) is 15.0 Å². The van der Waals surface area contributed by atoms with Crippen molar-refractivity contribution in [2.24, 2.45) is 0 Å². The molecule has 0 radical (unpaired) electrons. The number of aliphatic hydroxyl groups excluding tert-OH is 3. The minimum Gasteiger partial charge on any atom is -0.476 e. The number of rotatable bonds is 5. The summed E-state index contributed by atoms with van der Waals surface area (Å²) >= 11 is 5.66. The number of hydrogen-bond acceptors (Lipinski definition) is 5. The van der Waals surface area contributed by atoms with Crippen LogP contribution in [0.1, 0.15) is 28.6 Å². The van der Waals surface area contributed by atoms with Gasteiger partial charge in [0.2, 0.25) is 0 Å². The molecule has 0 spiro atoms. The van der Waals surface area contributed by atoms with Crippen LogP contribution in [-0.2, 0) is 0 Å². The maximum absolute atomic E-state index is 10.6. The molecule has 0 fully saturated rings. The molecule has 0 aromatic carbocycles. The number of hydrogen-bond donors (Lipinski definition) is 4. The van der Waals surface area contributed by atoms with Crippen LogP contribution in [0.5, 0.6) is 0 Å². The first-order valence-electron chi connectivity index (χ1n) is 4.83. The van der Waals surface area contributed by atoms with E-state index >= 15 is 0 Å². The fraction of sp³-hybridized carbons (Fsp3) is 0.400. The van der Waals surface area contributed by atoms with E-state index in [2.05, 4.69) is 4.98 Å². The summed E-state index contributed by atoms with van der Waals surface area (Å²) in [6.07, 6.45) is -1.30. The van der Waals surface area contributed by atoms with Crippen LogP contribution < -0.4 is 0 Å². The number of carboxylic acid groups (broad SMARTS) is 1.